The maximum Gasteiger partial charge on any atom is 0.253 e. The summed E-state index contributed by atoms with van der Waals surface area (Å²) in [5.41, 5.74) is 1.27. The van der Waals surface area contributed by atoms with Gasteiger partial charge in [0.05, 0.1) is 23.2 Å². The number of rotatable bonds is 5. The zero-order chi connectivity index (χ0) is 19.4. The Morgan fingerprint density at radius 1 is 0.963 bits per heavy atom. The molecule has 3 rings (SSSR count). The molecule has 2 amide bonds. The Balaban J connectivity index is 1.58. The second-order valence-electron chi connectivity index (χ2n) is 6.20. The van der Waals surface area contributed by atoms with E-state index >= 15 is 0 Å². The fourth-order valence-corrected chi connectivity index (χ4v) is 3.28. The predicted octanol–water partition coefficient (Wildman–Crippen LogP) is 4.75. The van der Waals surface area contributed by atoms with E-state index in [2.05, 4.69) is 10.6 Å². The summed E-state index contributed by atoms with van der Waals surface area (Å²) in [5.74, 6) is -0.709. The topological polar surface area (TPSA) is 58.2 Å². The molecule has 6 heteroatoms. The largest absolute Gasteiger partial charge is 0.348 e. The molecule has 0 fully saturated rings. The Kier molecular flexibility index (Phi) is 5.99. The molecule has 0 aromatic heterocycles. The molecule has 0 spiro atoms. The third-order valence-corrected chi connectivity index (χ3v) is 4.78. The summed E-state index contributed by atoms with van der Waals surface area (Å²) in [6, 6.07) is 18.5. The monoisotopic (exact) mass is 400 g/mol. The molecular formula is C21H18Cl2N2O2. The number of benzene rings is 3. The molecule has 2 N–H and O–H groups in total. The minimum Gasteiger partial charge on any atom is -0.348 e. The molecule has 0 bridgehead atoms. The van der Waals surface area contributed by atoms with Crippen LogP contribution in [0.1, 0.15) is 28.9 Å². The zero-order valence-corrected chi connectivity index (χ0v) is 16.1. The highest BCUT2D eigenvalue weighted by Gasteiger charge is 2.14. The number of carbonyl (C=O) groups is 2. The zero-order valence-electron chi connectivity index (χ0n) is 14.6. The lowest BCUT2D eigenvalue weighted by atomic mass is 10.0. The highest BCUT2D eigenvalue weighted by molar-refractivity contribution is 6.36. The van der Waals surface area contributed by atoms with Gasteiger partial charge in [0, 0.05) is 5.02 Å². The van der Waals surface area contributed by atoms with Crippen LogP contribution < -0.4 is 10.6 Å². The molecule has 3 aromatic carbocycles. The van der Waals surface area contributed by atoms with Crippen molar-refractivity contribution in [3.63, 3.8) is 0 Å². The van der Waals surface area contributed by atoms with Crippen molar-refractivity contribution < 1.29 is 9.59 Å². The lowest BCUT2D eigenvalue weighted by molar-refractivity contribution is -0.120. The van der Waals surface area contributed by atoms with Gasteiger partial charge in [-0.1, -0.05) is 59.6 Å². The quantitative estimate of drug-likeness (QED) is 0.648. The highest BCUT2D eigenvalue weighted by Crippen LogP contribution is 2.21. The van der Waals surface area contributed by atoms with Gasteiger partial charge in [-0.25, -0.2) is 0 Å². The van der Waals surface area contributed by atoms with Gasteiger partial charge in [0.15, 0.2) is 0 Å². The average molecular weight is 401 g/mol. The van der Waals surface area contributed by atoms with E-state index in [-0.39, 0.29) is 29.1 Å². The third-order valence-electron chi connectivity index (χ3n) is 4.24. The van der Waals surface area contributed by atoms with Crippen molar-refractivity contribution in [2.75, 3.05) is 6.54 Å². The van der Waals surface area contributed by atoms with E-state index in [1.807, 2.05) is 49.4 Å². The summed E-state index contributed by atoms with van der Waals surface area (Å²) >= 11 is 11.8. The Morgan fingerprint density at radius 3 is 2.44 bits per heavy atom. The summed E-state index contributed by atoms with van der Waals surface area (Å²) in [4.78, 5) is 24.4. The van der Waals surface area contributed by atoms with Crippen LogP contribution in [-0.4, -0.2) is 18.4 Å². The number of hydrogen-bond donors (Lipinski definition) is 2. The van der Waals surface area contributed by atoms with E-state index in [1.54, 1.807) is 6.07 Å². The van der Waals surface area contributed by atoms with E-state index < -0.39 is 5.91 Å². The van der Waals surface area contributed by atoms with Crippen molar-refractivity contribution in [2.45, 2.75) is 13.0 Å². The number of fused-ring (bicyclic) bond motifs is 1. The van der Waals surface area contributed by atoms with E-state index in [0.717, 1.165) is 16.3 Å². The Hall–Kier alpha value is -2.56. The van der Waals surface area contributed by atoms with Crippen LogP contribution in [0.2, 0.25) is 10.0 Å². The third kappa shape index (κ3) is 4.79. The lowest BCUT2D eigenvalue weighted by Gasteiger charge is -2.15. The summed E-state index contributed by atoms with van der Waals surface area (Å²) in [5, 5.41) is 8.39. The number of nitrogens with one attached hydrogen (secondary N) is 2. The van der Waals surface area contributed by atoms with Crippen molar-refractivity contribution >= 4 is 45.8 Å². The molecule has 138 valence electrons. The second-order valence-corrected chi connectivity index (χ2v) is 7.05. The van der Waals surface area contributed by atoms with Gasteiger partial charge in [0.2, 0.25) is 5.91 Å². The maximum absolute atomic E-state index is 12.2. The summed E-state index contributed by atoms with van der Waals surface area (Å²) in [6.07, 6.45) is 0. The first-order valence-corrected chi connectivity index (χ1v) is 9.21. The smallest absolute Gasteiger partial charge is 0.253 e. The molecule has 0 aliphatic rings. The normalized spacial score (nSPS) is 11.8. The van der Waals surface area contributed by atoms with Crippen molar-refractivity contribution in [1.29, 1.82) is 0 Å². The molecule has 1 atom stereocenters. The molecule has 0 radical (unpaired) electrons. The number of carbonyl (C=O) groups excluding carboxylic acids is 2. The number of amides is 2. The van der Waals surface area contributed by atoms with Gasteiger partial charge in [-0.15, -0.1) is 0 Å². The number of halogens is 2. The lowest BCUT2D eigenvalue weighted by Crippen LogP contribution is -2.38. The molecular weight excluding hydrogens is 383 g/mol. The molecule has 0 saturated heterocycles. The van der Waals surface area contributed by atoms with Crippen LogP contribution >= 0.6 is 23.2 Å². The van der Waals surface area contributed by atoms with Crippen LogP contribution in [-0.2, 0) is 4.79 Å². The average Bonchev–Trinajstić information content (AvgIpc) is 2.65. The summed E-state index contributed by atoms with van der Waals surface area (Å²) < 4.78 is 0. The van der Waals surface area contributed by atoms with Gasteiger partial charge in [-0.3, -0.25) is 9.59 Å². The Morgan fingerprint density at radius 2 is 1.70 bits per heavy atom. The van der Waals surface area contributed by atoms with Crippen molar-refractivity contribution in [1.82, 2.24) is 10.6 Å². The SMILES string of the molecule is C[C@@H](NC(=O)CNC(=O)c1ccc(Cl)cc1Cl)c1ccc2ccccc2c1. The van der Waals surface area contributed by atoms with Gasteiger partial charge < -0.3 is 10.6 Å². The fourth-order valence-electron chi connectivity index (χ4n) is 2.78. The highest BCUT2D eigenvalue weighted by atomic mass is 35.5. The predicted molar refractivity (Wildman–Crippen MR) is 109 cm³/mol. The maximum atomic E-state index is 12.2. The van der Waals surface area contributed by atoms with Gasteiger partial charge in [-0.2, -0.15) is 0 Å². The molecule has 3 aromatic rings. The molecule has 0 heterocycles. The number of hydrogen-bond acceptors (Lipinski definition) is 2. The van der Waals surface area contributed by atoms with Gasteiger partial charge in [0.25, 0.3) is 5.91 Å². The van der Waals surface area contributed by atoms with Crippen molar-refractivity contribution in [3.8, 4) is 0 Å². The summed E-state index contributed by atoms with van der Waals surface area (Å²) in [7, 11) is 0. The van der Waals surface area contributed by atoms with Crippen LogP contribution in [0.15, 0.2) is 60.7 Å². The van der Waals surface area contributed by atoms with E-state index in [1.165, 1.54) is 12.1 Å². The molecule has 4 nitrogen and oxygen atoms in total. The van der Waals surface area contributed by atoms with Crippen LogP contribution in [0, 0.1) is 0 Å². The van der Waals surface area contributed by atoms with Crippen LogP contribution in [0.3, 0.4) is 0 Å². The molecule has 0 unspecified atom stereocenters. The first-order valence-electron chi connectivity index (χ1n) is 8.45. The van der Waals surface area contributed by atoms with E-state index in [4.69, 9.17) is 23.2 Å². The van der Waals surface area contributed by atoms with E-state index in [0.29, 0.717) is 5.02 Å². The van der Waals surface area contributed by atoms with Crippen molar-refractivity contribution in [3.05, 3.63) is 81.8 Å². The fraction of sp³-hybridized carbons (Fsp3) is 0.143. The van der Waals surface area contributed by atoms with Gasteiger partial charge in [0.1, 0.15) is 0 Å². The molecule has 0 saturated carbocycles. The van der Waals surface area contributed by atoms with Crippen LogP contribution in [0.4, 0.5) is 0 Å². The standard InChI is InChI=1S/C21H18Cl2N2O2/c1-13(15-7-6-14-4-2-3-5-16(14)10-15)25-20(26)12-24-21(27)18-9-8-17(22)11-19(18)23/h2-11,13H,12H2,1H3,(H,24,27)(H,25,26)/t13-/m1/s1. The van der Waals surface area contributed by atoms with Crippen LogP contribution in [0.5, 0.6) is 0 Å². The Labute approximate surface area is 167 Å². The van der Waals surface area contributed by atoms with Gasteiger partial charge >= 0.3 is 0 Å². The molecule has 27 heavy (non-hydrogen) atoms. The molecule has 0 aliphatic carbocycles. The van der Waals surface area contributed by atoms with Crippen LogP contribution in [0.25, 0.3) is 10.8 Å². The van der Waals surface area contributed by atoms with Crippen molar-refractivity contribution in [2.24, 2.45) is 0 Å². The summed E-state index contributed by atoms with van der Waals surface area (Å²) in [6.45, 7) is 1.76. The molecule has 0 aliphatic heterocycles. The minimum atomic E-state index is -0.426. The Bertz CT molecular complexity index is 1000. The first kappa shape index (κ1) is 19.2. The van der Waals surface area contributed by atoms with Gasteiger partial charge in [-0.05, 0) is 47.5 Å². The van der Waals surface area contributed by atoms with E-state index in [9.17, 15) is 9.59 Å². The second kappa shape index (κ2) is 8.42. The first-order chi connectivity index (χ1) is 12.9. The minimum absolute atomic E-state index is 0.143.